The molecule has 0 saturated carbocycles. The number of carbonyl (C=O) groups excluding carboxylic acids is 2. The van der Waals surface area contributed by atoms with Gasteiger partial charge in [-0.2, -0.15) is 4.31 Å². The Hall–Kier alpha value is -2.23. The molecule has 2 amide bonds. The van der Waals surface area contributed by atoms with E-state index in [-0.39, 0.29) is 22.4 Å². The summed E-state index contributed by atoms with van der Waals surface area (Å²) in [5, 5.41) is 2.88. The van der Waals surface area contributed by atoms with Crippen LogP contribution in [-0.4, -0.2) is 55.6 Å². The fourth-order valence-electron chi connectivity index (χ4n) is 4.09. The smallest absolute Gasteiger partial charge is 0.254 e. The number of rotatable bonds is 6. The Bertz CT molecular complexity index is 1080. The topological polar surface area (TPSA) is 86.8 Å². The SMILES string of the molecule is Cc1c(NC(=O)Cc2ccc(S(=O)(=O)N3CCCC3)s2)cccc1C(=O)N1CCCC1. The van der Waals surface area contributed by atoms with Crippen LogP contribution < -0.4 is 5.32 Å². The van der Waals surface area contributed by atoms with Gasteiger partial charge in [0.25, 0.3) is 15.9 Å². The lowest BCUT2D eigenvalue weighted by molar-refractivity contribution is -0.115. The van der Waals surface area contributed by atoms with Gasteiger partial charge in [-0.1, -0.05) is 6.07 Å². The number of nitrogens with zero attached hydrogens (tertiary/aromatic N) is 2. The minimum absolute atomic E-state index is 0.00103. The van der Waals surface area contributed by atoms with Crippen LogP contribution in [0.2, 0.25) is 0 Å². The number of amides is 2. The molecule has 7 nitrogen and oxygen atoms in total. The van der Waals surface area contributed by atoms with Crippen LogP contribution in [0.1, 0.15) is 46.5 Å². The predicted molar refractivity (Wildman–Crippen MR) is 121 cm³/mol. The van der Waals surface area contributed by atoms with E-state index >= 15 is 0 Å². The number of likely N-dealkylation sites (tertiary alicyclic amines) is 1. The molecule has 2 saturated heterocycles. The van der Waals surface area contributed by atoms with Crippen molar-refractivity contribution in [2.45, 2.75) is 43.2 Å². The van der Waals surface area contributed by atoms with Gasteiger partial charge in [-0.15, -0.1) is 11.3 Å². The summed E-state index contributed by atoms with van der Waals surface area (Å²) in [5.41, 5.74) is 1.96. The van der Waals surface area contributed by atoms with Crippen LogP contribution in [0.3, 0.4) is 0 Å². The Kier molecular flexibility index (Phi) is 6.45. The second kappa shape index (κ2) is 9.10. The number of benzene rings is 1. The van der Waals surface area contributed by atoms with Crippen molar-refractivity contribution in [1.29, 1.82) is 0 Å². The van der Waals surface area contributed by atoms with Crippen molar-refractivity contribution in [2.24, 2.45) is 0 Å². The second-order valence-electron chi connectivity index (χ2n) is 8.03. The maximum absolute atomic E-state index is 12.8. The fourth-order valence-corrected chi connectivity index (χ4v) is 7.12. The summed E-state index contributed by atoms with van der Waals surface area (Å²) in [6.45, 7) is 4.50. The normalized spacial score (nSPS) is 17.3. The molecule has 31 heavy (non-hydrogen) atoms. The van der Waals surface area contributed by atoms with E-state index in [1.807, 2.05) is 11.8 Å². The summed E-state index contributed by atoms with van der Waals surface area (Å²) in [5.74, 6) is -0.234. The van der Waals surface area contributed by atoms with Crippen LogP contribution in [0.4, 0.5) is 5.69 Å². The van der Waals surface area contributed by atoms with E-state index in [0.29, 0.717) is 29.2 Å². The van der Waals surface area contributed by atoms with Crippen molar-refractivity contribution in [3.05, 3.63) is 46.3 Å². The van der Waals surface area contributed by atoms with E-state index in [0.717, 1.165) is 55.7 Å². The number of anilines is 1. The maximum atomic E-state index is 12.8. The molecule has 0 radical (unpaired) electrons. The highest BCUT2D eigenvalue weighted by molar-refractivity contribution is 7.91. The van der Waals surface area contributed by atoms with Gasteiger partial charge in [0.2, 0.25) is 5.91 Å². The van der Waals surface area contributed by atoms with Crippen LogP contribution in [0.15, 0.2) is 34.5 Å². The zero-order chi connectivity index (χ0) is 22.0. The number of sulfonamides is 1. The Morgan fingerprint density at radius 2 is 1.68 bits per heavy atom. The van der Waals surface area contributed by atoms with Crippen LogP contribution in [-0.2, 0) is 21.2 Å². The summed E-state index contributed by atoms with van der Waals surface area (Å²) >= 11 is 1.14. The summed E-state index contributed by atoms with van der Waals surface area (Å²) in [4.78, 5) is 27.9. The molecule has 0 spiro atoms. The van der Waals surface area contributed by atoms with E-state index in [2.05, 4.69) is 5.32 Å². The Morgan fingerprint density at radius 1 is 1.00 bits per heavy atom. The van der Waals surface area contributed by atoms with Crippen LogP contribution in [0, 0.1) is 6.92 Å². The van der Waals surface area contributed by atoms with Crippen molar-refractivity contribution < 1.29 is 18.0 Å². The molecule has 166 valence electrons. The lowest BCUT2D eigenvalue weighted by atomic mass is 10.1. The highest BCUT2D eigenvalue weighted by Crippen LogP contribution is 2.28. The first-order valence-electron chi connectivity index (χ1n) is 10.6. The minimum Gasteiger partial charge on any atom is -0.339 e. The number of thiophene rings is 1. The molecular weight excluding hydrogens is 434 g/mol. The van der Waals surface area contributed by atoms with E-state index < -0.39 is 10.0 Å². The van der Waals surface area contributed by atoms with Crippen molar-refractivity contribution in [3.63, 3.8) is 0 Å². The van der Waals surface area contributed by atoms with Gasteiger partial charge in [-0.25, -0.2) is 8.42 Å². The molecule has 0 aliphatic carbocycles. The summed E-state index contributed by atoms with van der Waals surface area (Å²) in [7, 11) is -3.46. The third-order valence-electron chi connectivity index (χ3n) is 5.86. The molecule has 0 atom stereocenters. The fraction of sp³-hybridized carbons (Fsp3) is 0.455. The van der Waals surface area contributed by atoms with Gasteiger partial charge in [0.15, 0.2) is 0 Å². The monoisotopic (exact) mass is 461 g/mol. The van der Waals surface area contributed by atoms with Crippen molar-refractivity contribution in [1.82, 2.24) is 9.21 Å². The molecule has 2 aliphatic rings. The average molecular weight is 462 g/mol. The highest BCUT2D eigenvalue weighted by Gasteiger charge is 2.28. The van der Waals surface area contributed by atoms with Crippen molar-refractivity contribution in [2.75, 3.05) is 31.5 Å². The zero-order valence-electron chi connectivity index (χ0n) is 17.6. The van der Waals surface area contributed by atoms with E-state index in [4.69, 9.17) is 0 Å². The second-order valence-corrected chi connectivity index (χ2v) is 11.4. The number of hydrogen-bond acceptors (Lipinski definition) is 5. The van der Waals surface area contributed by atoms with Gasteiger partial charge in [-0.3, -0.25) is 9.59 Å². The summed E-state index contributed by atoms with van der Waals surface area (Å²) < 4.78 is 27.2. The van der Waals surface area contributed by atoms with Crippen LogP contribution >= 0.6 is 11.3 Å². The largest absolute Gasteiger partial charge is 0.339 e. The van der Waals surface area contributed by atoms with Crippen molar-refractivity contribution >= 4 is 38.9 Å². The predicted octanol–water partition coefficient (Wildman–Crippen LogP) is 3.26. The molecule has 1 N–H and O–H groups in total. The Balaban J connectivity index is 1.43. The molecule has 1 aromatic carbocycles. The first kappa shape index (κ1) is 22.0. The summed E-state index contributed by atoms with van der Waals surface area (Å²) in [6, 6.07) is 8.64. The van der Waals surface area contributed by atoms with Crippen LogP contribution in [0.5, 0.6) is 0 Å². The molecular formula is C22H27N3O4S2. The van der Waals surface area contributed by atoms with E-state index in [1.54, 1.807) is 30.3 Å². The molecule has 9 heteroatoms. The van der Waals surface area contributed by atoms with Crippen LogP contribution in [0.25, 0.3) is 0 Å². The molecule has 2 aliphatic heterocycles. The zero-order valence-corrected chi connectivity index (χ0v) is 19.2. The van der Waals surface area contributed by atoms with E-state index in [9.17, 15) is 18.0 Å². The average Bonchev–Trinajstić information content (AvgIpc) is 3.51. The molecule has 4 rings (SSSR count). The van der Waals surface area contributed by atoms with Crippen molar-refractivity contribution in [3.8, 4) is 0 Å². The Labute approximate surface area is 187 Å². The van der Waals surface area contributed by atoms with Gasteiger partial charge >= 0.3 is 0 Å². The van der Waals surface area contributed by atoms with Gasteiger partial charge in [0, 0.05) is 42.3 Å². The molecule has 0 bridgehead atoms. The van der Waals surface area contributed by atoms with Gasteiger partial charge in [-0.05, 0) is 62.4 Å². The molecule has 2 fully saturated rings. The standard InChI is InChI=1S/C22H27N3O4S2/c1-16-18(22(27)24-11-2-3-12-24)7-6-8-19(16)23-20(26)15-17-9-10-21(30-17)31(28,29)25-13-4-5-14-25/h6-10H,2-5,11-15H2,1H3,(H,23,26). The third-order valence-corrected chi connectivity index (χ3v) is 9.31. The quantitative estimate of drug-likeness (QED) is 0.715. The van der Waals surface area contributed by atoms with Gasteiger partial charge in [0.05, 0.1) is 6.42 Å². The number of nitrogens with one attached hydrogen (secondary N) is 1. The molecule has 1 aromatic heterocycles. The lowest BCUT2D eigenvalue weighted by Gasteiger charge is -2.18. The van der Waals surface area contributed by atoms with Gasteiger partial charge < -0.3 is 10.2 Å². The summed E-state index contributed by atoms with van der Waals surface area (Å²) in [6.07, 6.45) is 3.91. The third kappa shape index (κ3) is 4.68. The van der Waals surface area contributed by atoms with E-state index in [1.165, 1.54) is 4.31 Å². The number of hydrogen-bond donors (Lipinski definition) is 1. The molecule has 2 aromatic rings. The minimum atomic E-state index is -3.46. The Morgan fingerprint density at radius 3 is 2.39 bits per heavy atom. The lowest BCUT2D eigenvalue weighted by Crippen LogP contribution is -2.28. The first-order valence-corrected chi connectivity index (χ1v) is 12.9. The number of carbonyl (C=O) groups is 2. The maximum Gasteiger partial charge on any atom is 0.254 e. The van der Waals surface area contributed by atoms with Gasteiger partial charge in [0.1, 0.15) is 4.21 Å². The highest BCUT2D eigenvalue weighted by atomic mass is 32.2. The first-order chi connectivity index (χ1) is 14.9. The molecule has 0 unspecified atom stereocenters. The molecule has 3 heterocycles.